The molecule has 16 heavy (non-hydrogen) atoms. The van der Waals surface area contributed by atoms with Crippen molar-refractivity contribution < 1.29 is 0 Å². The van der Waals surface area contributed by atoms with Crippen molar-refractivity contribution in [1.29, 1.82) is 0 Å². The normalized spacial score (nSPS) is 12.4. The van der Waals surface area contributed by atoms with Gasteiger partial charge in [-0.2, -0.15) is 0 Å². The number of hydrogen-bond donors (Lipinski definition) is 0. The second kappa shape index (κ2) is 9.00. The van der Waals surface area contributed by atoms with Crippen LogP contribution in [-0.2, 0) is 0 Å². The van der Waals surface area contributed by atoms with E-state index in [1.807, 2.05) is 0 Å². The average Bonchev–Trinajstić information content (AvgIpc) is 2.20. The first-order valence-corrected chi connectivity index (χ1v) is 6.79. The molecule has 0 unspecified atom stereocenters. The van der Waals surface area contributed by atoms with Crippen molar-refractivity contribution in [3.05, 3.63) is 0 Å². The van der Waals surface area contributed by atoms with Crippen molar-refractivity contribution in [3.8, 4) is 0 Å². The molecule has 2 heteroatoms. The van der Waals surface area contributed by atoms with Crippen molar-refractivity contribution in [2.75, 3.05) is 40.3 Å². The van der Waals surface area contributed by atoms with Crippen LogP contribution in [0.3, 0.4) is 0 Å². The van der Waals surface area contributed by atoms with Crippen LogP contribution in [0.25, 0.3) is 0 Å². The van der Waals surface area contributed by atoms with Crippen molar-refractivity contribution >= 4 is 0 Å². The fourth-order valence-corrected chi connectivity index (χ4v) is 1.52. The number of likely N-dealkylation sites (N-methyl/N-ethyl adjacent to an activating group) is 2. The molecule has 0 aromatic rings. The molecule has 0 aromatic carbocycles. The standard InChI is InChI=1S/C14H32N2/c1-13(2)7-9-15(5)11-12-16(6)10-8-14(3)4/h13-14H,7-12H2,1-6H3. The Kier molecular flexibility index (Phi) is 8.96. The summed E-state index contributed by atoms with van der Waals surface area (Å²) in [7, 11) is 4.47. The minimum Gasteiger partial charge on any atom is -0.305 e. The lowest BCUT2D eigenvalue weighted by molar-refractivity contribution is 0.240. The minimum atomic E-state index is 0.820. The highest BCUT2D eigenvalue weighted by atomic mass is 15.2. The molecular formula is C14H32N2. The summed E-state index contributed by atoms with van der Waals surface area (Å²) >= 11 is 0. The topological polar surface area (TPSA) is 6.48 Å². The molecule has 0 N–H and O–H groups in total. The number of rotatable bonds is 9. The quantitative estimate of drug-likeness (QED) is 0.599. The Hall–Kier alpha value is -0.0800. The highest BCUT2D eigenvalue weighted by Gasteiger charge is 2.04. The van der Waals surface area contributed by atoms with Crippen LogP contribution in [0.4, 0.5) is 0 Å². The van der Waals surface area contributed by atoms with E-state index in [0.717, 1.165) is 11.8 Å². The number of hydrogen-bond acceptors (Lipinski definition) is 2. The van der Waals surface area contributed by atoms with Crippen LogP contribution in [0.5, 0.6) is 0 Å². The Labute approximate surface area is 103 Å². The smallest absolute Gasteiger partial charge is 0.0106 e. The highest BCUT2D eigenvalue weighted by molar-refractivity contribution is 4.59. The zero-order valence-corrected chi connectivity index (χ0v) is 12.3. The monoisotopic (exact) mass is 228 g/mol. The Balaban J connectivity index is 3.47. The van der Waals surface area contributed by atoms with Crippen LogP contribution in [0.15, 0.2) is 0 Å². The van der Waals surface area contributed by atoms with E-state index in [1.165, 1.54) is 39.0 Å². The van der Waals surface area contributed by atoms with Crippen LogP contribution in [0, 0.1) is 11.8 Å². The van der Waals surface area contributed by atoms with Gasteiger partial charge >= 0.3 is 0 Å². The second-order valence-corrected chi connectivity index (χ2v) is 5.97. The molecule has 0 amide bonds. The van der Waals surface area contributed by atoms with Gasteiger partial charge in [-0.1, -0.05) is 27.7 Å². The lowest BCUT2D eigenvalue weighted by atomic mass is 10.1. The van der Waals surface area contributed by atoms with Gasteiger partial charge < -0.3 is 9.80 Å². The lowest BCUT2D eigenvalue weighted by Gasteiger charge is -2.23. The Morgan fingerprint density at radius 1 is 0.625 bits per heavy atom. The predicted octanol–water partition coefficient (Wildman–Crippen LogP) is 2.94. The van der Waals surface area contributed by atoms with Gasteiger partial charge in [0, 0.05) is 13.1 Å². The summed E-state index contributed by atoms with van der Waals surface area (Å²) in [4.78, 5) is 4.90. The molecule has 98 valence electrons. The molecule has 0 atom stereocenters. The van der Waals surface area contributed by atoms with Crippen molar-refractivity contribution in [1.82, 2.24) is 9.80 Å². The molecule has 0 aliphatic heterocycles. The highest BCUT2D eigenvalue weighted by Crippen LogP contribution is 2.02. The third-order valence-electron chi connectivity index (χ3n) is 3.04. The SMILES string of the molecule is CC(C)CCN(C)CCN(C)CCC(C)C. The summed E-state index contributed by atoms with van der Waals surface area (Å²) in [6.07, 6.45) is 2.62. The molecule has 0 fully saturated rings. The maximum absolute atomic E-state index is 2.45. The number of nitrogens with zero attached hydrogens (tertiary/aromatic N) is 2. The van der Waals surface area contributed by atoms with Crippen LogP contribution < -0.4 is 0 Å². The molecule has 0 saturated heterocycles. The summed E-state index contributed by atoms with van der Waals surface area (Å²) in [5.74, 6) is 1.64. The van der Waals surface area contributed by atoms with Crippen LogP contribution in [-0.4, -0.2) is 50.1 Å². The Morgan fingerprint density at radius 3 is 1.19 bits per heavy atom. The lowest BCUT2D eigenvalue weighted by Crippen LogP contribution is -2.32. The van der Waals surface area contributed by atoms with Crippen LogP contribution >= 0.6 is 0 Å². The van der Waals surface area contributed by atoms with E-state index in [-0.39, 0.29) is 0 Å². The summed E-state index contributed by atoms with van der Waals surface area (Å²) in [5.41, 5.74) is 0. The van der Waals surface area contributed by atoms with Gasteiger partial charge in [0.25, 0.3) is 0 Å². The molecule has 0 radical (unpaired) electrons. The molecule has 0 heterocycles. The molecule has 0 aliphatic carbocycles. The first-order chi connectivity index (χ1) is 7.41. The summed E-state index contributed by atoms with van der Waals surface area (Å²) in [6, 6.07) is 0. The molecular weight excluding hydrogens is 196 g/mol. The average molecular weight is 228 g/mol. The van der Waals surface area contributed by atoms with Crippen LogP contribution in [0.2, 0.25) is 0 Å². The van der Waals surface area contributed by atoms with Gasteiger partial charge in [0.2, 0.25) is 0 Å². The van der Waals surface area contributed by atoms with Gasteiger partial charge in [0.15, 0.2) is 0 Å². The molecule has 0 aromatic heterocycles. The van der Waals surface area contributed by atoms with Gasteiger partial charge in [0.1, 0.15) is 0 Å². The zero-order chi connectivity index (χ0) is 12.6. The van der Waals surface area contributed by atoms with Gasteiger partial charge in [-0.25, -0.2) is 0 Å². The Bertz CT molecular complexity index is 137. The summed E-state index contributed by atoms with van der Waals surface area (Å²) in [5, 5.41) is 0. The van der Waals surface area contributed by atoms with Gasteiger partial charge in [-0.3, -0.25) is 0 Å². The molecule has 0 aliphatic rings. The third-order valence-corrected chi connectivity index (χ3v) is 3.04. The molecule has 2 nitrogen and oxygen atoms in total. The molecule has 0 rings (SSSR count). The second-order valence-electron chi connectivity index (χ2n) is 5.97. The Morgan fingerprint density at radius 2 is 0.938 bits per heavy atom. The maximum atomic E-state index is 2.45. The first kappa shape index (κ1) is 15.9. The summed E-state index contributed by atoms with van der Waals surface area (Å²) < 4.78 is 0. The van der Waals surface area contributed by atoms with Gasteiger partial charge in [-0.05, 0) is 51.9 Å². The minimum absolute atomic E-state index is 0.820. The van der Waals surface area contributed by atoms with Crippen LogP contribution in [0.1, 0.15) is 40.5 Å². The molecule has 0 spiro atoms. The fraction of sp³-hybridized carbons (Fsp3) is 1.00. The zero-order valence-electron chi connectivity index (χ0n) is 12.3. The van der Waals surface area contributed by atoms with E-state index >= 15 is 0 Å². The third kappa shape index (κ3) is 10.4. The molecule has 0 bridgehead atoms. The first-order valence-electron chi connectivity index (χ1n) is 6.79. The van der Waals surface area contributed by atoms with E-state index in [4.69, 9.17) is 0 Å². The van der Waals surface area contributed by atoms with Crippen molar-refractivity contribution in [2.24, 2.45) is 11.8 Å². The molecule has 0 saturated carbocycles. The van der Waals surface area contributed by atoms with E-state index in [1.54, 1.807) is 0 Å². The fourth-order valence-electron chi connectivity index (χ4n) is 1.52. The van der Waals surface area contributed by atoms with Gasteiger partial charge in [-0.15, -0.1) is 0 Å². The van der Waals surface area contributed by atoms with E-state index in [0.29, 0.717) is 0 Å². The van der Waals surface area contributed by atoms with E-state index in [9.17, 15) is 0 Å². The van der Waals surface area contributed by atoms with E-state index < -0.39 is 0 Å². The van der Waals surface area contributed by atoms with Gasteiger partial charge in [0.05, 0.1) is 0 Å². The van der Waals surface area contributed by atoms with Crippen molar-refractivity contribution in [3.63, 3.8) is 0 Å². The van der Waals surface area contributed by atoms with Crippen molar-refractivity contribution in [2.45, 2.75) is 40.5 Å². The predicted molar refractivity (Wildman–Crippen MR) is 73.9 cm³/mol. The summed E-state index contributed by atoms with van der Waals surface area (Å²) in [6.45, 7) is 14.0. The largest absolute Gasteiger partial charge is 0.305 e. The van der Waals surface area contributed by atoms with E-state index in [2.05, 4.69) is 51.6 Å². The maximum Gasteiger partial charge on any atom is 0.0106 e.